The zero-order valence-corrected chi connectivity index (χ0v) is 9.14. The van der Waals surface area contributed by atoms with Gasteiger partial charge in [0, 0.05) is 5.69 Å². The monoisotopic (exact) mass is 229 g/mol. The molecule has 1 aromatic rings. The minimum Gasteiger partial charge on any atom is -0.345 e. The Morgan fingerprint density at radius 1 is 1.41 bits per heavy atom. The van der Waals surface area contributed by atoms with E-state index in [1.54, 1.807) is 18.2 Å². The molecule has 1 heterocycles. The summed E-state index contributed by atoms with van der Waals surface area (Å²) in [4.78, 5) is 24.3. The second-order valence-electron chi connectivity index (χ2n) is 3.76. The lowest BCUT2D eigenvalue weighted by Crippen LogP contribution is -2.51. The van der Waals surface area contributed by atoms with E-state index in [1.165, 1.54) is 4.90 Å². The van der Waals surface area contributed by atoms with Crippen molar-refractivity contribution in [3.63, 3.8) is 0 Å². The number of carbonyl (C=O) groups is 2. The zero-order chi connectivity index (χ0) is 12.3. The van der Waals surface area contributed by atoms with Crippen LogP contribution in [0.5, 0.6) is 0 Å². The molecule has 1 aromatic carbocycles. The molecule has 1 aliphatic heterocycles. The Kier molecular flexibility index (Phi) is 3.06. The Bertz CT molecular complexity index is 505. The van der Waals surface area contributed by atoms with Crippen molar-refractivity contribution in [1.29, 1.82) is 5.26 Å². The van der Waals surface area contributed by atoms with E-state index < -0.39 is 0 Å². The first kappa shape index (κ1) is 11.1. The van der Waals surface area contributed by atoms with Crippen LogP contribution in [0.15, 0.2) is 24.3 Å². The van der Waals surface area contributed by atoms with Crippen molar-refractivity contribution >= 4 is 17.5 Å². The molecule has 0 atom stereocenters. The van der Waals surface area contributed by atoms with E-state index in [2.05, 4.69) is 11.4 Å². The summed E-state index contributed by atoms with van der Waals surface area (Å²) in [5.74, 6) is -0.311. The minimum absolute atomic E-state index is 0.0291. The van der Waals surface area contributed by atoms with Gasteiger partial charge in [-0.15, -0.1) is 0 Å². The molecule has 2 rings (SSSR count). The number of hydrogen-bond acceptors (Lipinski definition) is 3. The molecule has 0 radical (unpaired) electrons. The van der Waals surface area contributed by atoms with Crippen LogP contribution < -0.4 is 10.2 Å². The topological polar surface area (TPSA) is 73.2 Å². The van der Waals surface area contributed by atoms with Crippen LogP contribution in [0, 0.1) is 11.3 Å². The molecular weight excluding hydrogens is 218 g/mol. The van der Waals surface area contributed by atoms with Gasteiger partial charge in [-0.25, -0.2) is 0 Å². The lowest BCUT2D eigenvalue weighted by atomic mass is 10.1. The van der Waals surface area contributed by atoms with Gasteiger partial charge in [0.05, 0.1) is 19.0 Å². The van der Waals surface area contributed by atoms with Gasteiger partial charge in [-0.2, -0.15) is 5.26 Å². The van der Waals surface area contributed by atoms with Crippen molar-refractivity contribution < 1.29 is 9.59 Å². The number of nitriles is 1. The standard InChI is InChI=1S/C12H11N3O2/c13-5-4-9-2-1-3-10(6-9)15-8-11(16)14-7-12(15)17/h1-3,6H,4,7-8H2,(H,14,16). The highest BCUT2D eigenvalue weighted by Crippen LogP contribution is 2.17. The SMILES string of the molecule is N#CCc1cccc(N2CC(=O)NCC2=O)c1. The molecule has 0 saturated carbocycles. The Hall–Kier alpha value is -2.35. The fourth-order valence-corrected chi connectivity index (χ4v) is 1.72. The molecule has 0 aliphatic carbocycles. The number of hydrogen-bond donors (Lipinski definition) is 1. The van der Waals surface area contributed by atoms with Crippen LogP contribution in [0.25, 0.3) is 0 Å². The van der Waals surface area contributed by atoms with Crippen molar-refractivity contribution in [3.05, 3.63) is 29.8 Å². The fourth-order valence-electron chi connectivity index (χ4n) is 1.72. The highest BCUT2D eigenvalue weighted by atomic mass is 16.2. The third-order valence-electron chi connectivity index (χ3n) is 2.54. The summed E-state index contributed by atoms with van der Waals surface area (Å²) in [7, 11) is 0. The van der Waals surface area contributed by atoms with E-state index in [1.807, 2.05) is 6.07 Å². The molecule has 0 spiro atoms. The number of piperazine rings is 1. The largest absolute Gasteiger partial charge is 0.345 e. The predicted octanol–water partition coefficient (Wildman–Crippen LogP) is 0.215. The minimum atomic E-state index is -0.171. The molecule has 86 valence electrons. The van der Waals surface area contributed by atoms with Gasteiger partial charge < -0.3 is 10.2 Å². The second kappa shape index (κ2) is 4.66. The maximum atomic E-state index is 11.7. The summed E-state index contributed by atoms with van der Waals surface area (Å²) >= 11 is 0. The summed E-state index contributed by atoms with van der Waals surface area (Å²) < 4.78 is 0. The summed E-state index contributed by atoms with van der Waals surface area (Å²) in [6.45, 7) is 0.0656. The van der Waals surface area contributed by atoms with Gasteiger partial charge >= 0.3 is 0 Å². The lowest BCUT2D eigenvalue weighted by Gasteiger charge is -2.26. The molecular formula is C12H11N3O2. The van der Waals surface area contributed by atoms with E-state index in [0.29, 0.717) is 12.1 Å². The van der Waals surface area contributed by atoms with E-state index in [0.717, 1.165) is 5.56 Å². The van der Waals surface area contributed by atoms with Crippen LogP contribution in [0.2, 0.25) is 0 Å². The van der Waals surface area contributed by atoms with Crippen LogP contribution >= 0.6 is 0 Å². The van der Waals surface area contributed by atoms with Gasteiger partial charge in [-0.05, 0) is 17.7 Å². The molecule has 5 heteroatoms. The number of nitrogens with one attached hydrogen (secondary N) is 1. The van der Waals surface area contributed by atoms with E-state index in [4.69, 9.17) is 5.26 Å². The smallest absolute Gasteiger partial charge is 0.246 e. The number of amides is 2. The van der Waals surface area contributed by atoms with Crippen molar-refractivity contribution in [3.8, 4) is 6.07 Å². The zero-order valence-electron chi connectivity index (χ0n) is 9.14. The molecule has 0 aromatic heterocycles. The molecule has 1 fully saturated rings. The van der Waals surface area contributed by atoms with Gasteiger partial charge in [-0.1, -0.05) is 12.1 Å². The molecule has 1 saturated heterocycles. The summed E-state index contributed by atoms with van der Waals surface area (Å²) in [5.41, 5.74) is 1.50. The number of rotatable bonds is 2. The van der Waals surface area contributed by atoms with Crippen molar-refractivity contribution in [2.45, 2.75) is 6.42 Å². The summed E-state index contributed by atoms with van der Waals surface area (Å²) in [6, 6.07) is 9.18. The van der Waals surface area contributed by atoms with Crippen LogP contribution in [0.1, 0.15) is 5.56 Å². The molecule has 0 bridgehead atoms. The average Bonchev–Trinajstić information content (AvgIpc) is 2.33. The Balaban J connectivity index is 2.26. The Labute approximate surface area is 98.6 Å². The molecule has 1 aliphatic rings. The molecule has 2 amide bonds. The maximum absolute atomic E-state index is 11.7. The Morgan fingerprint density at radius 2 is 2.24 bits per heavy atom. The van der Waals surface area contributed by atoms with Crippen molar-refractivity contribution in [1.82, 2.24) is 5.32 Å². The lowest BCUT2D eigenvalue weighted by molar-refractivity contribution is -0.128. The molecule has 1 N–H and O–H groups in total. The van der Waals surface area contributed by atoms with Crippen LogP contribution in [-0.2, 0) is 16.0 Å². The van der Waals surface area contributed by atoms with Crippen LogP contribution in [0.3, 0.4) is 0 Å². The van der Waals surface area contributed by atoms with Crippen molar-refractivity contribution in [2.24, 2.45) is 0 Å². The fraction of sp³-hybridized carbons (Fsp3) is 0.250. The highest BCUT2D eigenvalue weighted by molar-refractivity contribution is 6.04. The third kappa shape index (κ3) is 2.42. The van der Waals surface area contributed by atoms with Gasteiger partial charge in [0.2, 0.25) is 11.8 Å². The number of nitrogens with zero attached hydrogens (tertiary/aromatic N) is 2. The number of anilines is 1. The number of carbonyl (C=O) groups excluding carboxylic acids is 2. The third-order valence-corrected chi connectivity index (χ3v) is 2.54. The average molecular weight is 229 g/mol. The first-order chi connectivity index (χ1) is 8.20. The molecule has 17 heavy (non-hydrogen) atoms. The van der Waals surface area contributed by atoms with Crippen molar-refractivity contribution in [2.75, 3.05) is 18.0 Å². The van der Waals surface area contributed by atoms with E-state index in [-0.39, 0.29) is 24.9 Å². The first-order valence-electron chi connectivity index (χ1n) is 5.23. The first-order valence-corrected chi connectivity index (χ1v) is 5.23. The van der Waals surface area contributed by atoms with Gasteiger partial charge in [0.1, 0.15) is 6.54 Å². The predicted molar refractivity (Wildman–Crippen MR) is 61.1 cm³/mol. The quantitative estimate of drug-likeness (QED) is 0.788. The number of benzene rings is 1. The normalized spacial score (nSPS) is 15.4. The van der Waals surface area contributed by atoms with Gasteiger partial charge in [0.15, 0.2) is 0 Å². The van der Waals surface area contributed by atoms with Crippen LogP contribution in [-0.4, -0.2) is 24.9 Å². The highest BCUT2D eigenvalue weighted by Gasteiger charge is 2.24. The van der Waals surface area contributed by atoms with Crippen LogP contribution in [0.4, 0.5) is 5.69 Å². The summed E-state index contributed by atoms with van der Waals surface area (Å²) in [6.07, 6.45) is 0.294. The maximum Gasteiger partial charge on any atom is 0.246 e. The molecule has 0 unspecified atom stereocenters. The Morgan fingerprint density at radius 3 is 3.00 bits per heavy atom. The molecule has 5 nitrogen and oxygen atoms in total. The van der Waals surface area contributed by atoms with Gasteiger partial charge in [0.25, 0.3) is 0 Å². The summed E-state index contributed by atoms with van der Waals surface area (Å²) in [5, 5.41) is 11.1. The second-order valence-corrected chi connectivity index (χ2v) is 3.76. The van der Waals surface area contributed by atoms with E-state index in [9.17, 15) is 9.59 Å². The van der Waals surface area contributed by atoms with E-state index >= 15 is 0 Å². The van der Waals surface area contributed by atoms with Gasteiger partial charge in [-0.3, -0.25) is 9.59 Å².